The molecule has 0 fully saturated rings. The molecule has 2 N–H and O–H groups in total. The van der Waals surface area contributed by atoms with Crippen molar-refractivity contribution < 1.29 is 9.90 Å². The molecule has 0 aliphatic carbocycles. The predicted molar refractivity (Wildman–Crippen MR) is 133 cm³/mol. The Bertz CT molecular complexity index is 1300. The SMILES string of the molecule is Cc1ccc(NC(=O)C(Sc2nc3ccccc3c(=O)n2CCCO)c2ccccc2)cc1. The number of aryl methyl sites for hydroxylation is 1. The van der Waals surface area contributed by atoms with Gasteiger partial charge in [0.25, 0.3) is 5.56 Å². The van der Waals surface area contributed by atoms with Gasteiger partial charge in [0.15, 0.2) is 5.16 Å². The van der Waals surface area contributed by atoms with Gasteiger partial charge in [0.2, 0.25) is 5.91 Å². The lowest BCUT2D eigenvalue weighted by atomic mass is 10.1. The van der Waals surface area contributed by atoms with Crippen LogP contribution in [0.1, 0.15) is 22.8 Å². The van der Waals surface area contributed by atoms with Crippen LogP contribution in [0, 0.1) is 6.92 Å². The molecule has 1 heterocycles. The molecular formula is C26H25N3O3S. The van der Waals surface area contributed by atoms with E-state index >= 15 is 0 Å². The summed E-state index contributed by atoms with van der Waals surface area (Å²) in [5.41, 5.74) is 3.02. The maximum Gasteiger partial charge on any atom is 0.262 e. The minimum absolute atomic E-state index is 0.0423. The van der Waals surface area contributed by atoms with Crippen molar-refractivity contribution in [3.63, 3.8) is 0 Å². The number of carbonyl (C=O) groups is 1. The van der Waals surface area contributed by atoms with Gasteiger partial charge in [-0.25, -0.2) is 4.98 Å². The topological polar surface area (TPSA) is 84.2 Å². The maximum atomic E-state index is 13.4. The molecule has 0 bridgehead atoms. The Morgan fingerprint density at radius 2 is 1.73 bits per heavy atom. The average molecular weight is 460 g/mol. The van der Waals surface area contributed by atoms with Crippen LogP contribution in [0.5, 0.6) is 0 Å². The van der Waals surface area contributed by atoms with Crippen LogP contribution in [-0.4, -0.2) is 27.2 Å². The largest absolute Gasteiger partial charge is 0.396 e. The zero-order valence-corrected chi connectivity index (χ0v) is 19.1. The van der Waals surface area contributed by atoms with Gasteiger partial charge < -0.3 is 10.4 Å². The lowest BCUT2D eigenvalue weighted by molar-refractivity contribution is -0.115. The average Bonchev–Trinajstić information content (AvgIpc) is 2.84. The van der Waals surface area contributed by atoms with Gasteiger partial charge in [-0.3, -0.25) is 14.2 Å². The molecule has 33 heavy (non-hydrogen) atoms. The van der Waals surface area contributed by atoms with Gasteiger partial charge >= 0.3 is 0 Å². The zero-order valence-electron chi connectivity index (χ0n) is 18.3. The predicted octanol–water partition coefficient (Wildman–Crippen LogP) is 4.56. The second-order valence-corrected chi connectivity index (χ2v) is 8.78. The first-order valence-electron chi connectivity index (χ1n) is 10.8. The van der Waals surface area contributed by atoms with E-state index in [1.807, 2.05) is 67.6 Å². The number of fused-ring (bicyclic) bond motifs is 1. The van der Waals surface area contributed by atoms with Crippen LogP contribution < -0.4 is 10.9 Å². The number of aliphatic hydroxyl groups excluding tert-OH is 1. The lowest BCUT2D eigenvalue weighted by Crippen LogP contribution is -2.26. The highest BCUT2D eigenvalue weighted by Gasteiger charge is 2.25. The Kier molecular flexibility index (Phi) is 7.22. The third kappa shape index (κ3) is 5.32. The zero-order chi connectivity index (χ0) is 23.2. The molecule has 0 aliphatic rings. The Labute approximate surface area is 196 Å². The molecule has 4 aromatic rings. The first-order valence-corrected chi connectivity index (χ1v) is 11.6. The quantitative estimate of drug-likeness (QED) is 0.298. The number of benzene rings is 3. The highest BCUT2D eigenvalue weighted by molar-refractivity contribution is 8.00. The van der Waals surface area contributed by atoms with Crippen LogP contribution in [0.25, 0.3) is 10.9 Å². The smallest absolute Gasteiger partial charge is 0.262 e. The number of aliphatic hydroxyl groups is 1. The summed E-state index contributed by atoms with van der Waals surface area (Å²) >= 11 is 1.24. The molecule has 0 saturated carbocycles. The van der Waals surface area contributed by atoms with Crippen molar-refractivity contribution >= 4 is 34.3 Å². The second-order valence-electron chi connectivity index (χ2n) is 7.71. The van der Waals surface area contributed by atoms with E-state index < -0.39 is 5.25 Å². The van der Waals surface area contributed by atoms with Crippen LogP contribution in [0.15, 0.2) is 88.8 Å². The number of aromatic nitrogens is 2. The maximum absolute atomic E-state index is 13.4. The highest BCUT2D eigenvalue weighted by Crippen LogP contribution is 2.35. The Balaban J connectivity index is 1.74. The monoisotopic (exact) mass is 459 g/mol. The molecule has 0 aliphatic heterocycles. The molecule has 7 heteroatoms. The number of nitrogens with one attached hydrogen (secondary N) is 1. The number of amides is 1. The molecule has 0 saturated heterocycles. The fourth-order valence-corrected chi connectivity index (χ4v) is 4.64. The van der Waals surface area contributed by atoms with Gasteiger partial charge in [-0.2, -0.15) is 0 Å². The van der Waals surface area contributed by atoms with E-state index in [4.69, 9.17) is 4.98 Å². The third-order valence-electron chi connectivity index (χ3n) is 5.25. The number of thioether (sulfide) groups is 1. The summed E-state index contributed by atoms with van der Waals surface area (Å²) in [6.07, 6.45) is 0.416. The van der Waals surface area contributed by atoms with Crippen molar-refractivity contribution in [1.82, 2.24) is 9.55 Å². The fraction of sp³-hybridized carbons (Fsp3) is 0.192. The highest BCUT2D eigenvalue weighted by atomic mass is 32.2. The summed E-state index contributed by atoms with van der Waals surface area (Å²) in [5, 5.41) is 12.7. The molecule has 1 amide bonds. The van der Waals surface area contributed by atoms with E-state index in [0.29, 0.717) is 34.7 Å². The minimum atomic E-state index is -0.624. The van der Waals surface area contributed by atoms with E-state index in [1.165, 1.54) is 11.8 Å². The Hall–Kier alpha value is -3.42. The number of para-hydroxylation sites is 1. The molecule has 1 aromatic heterocycles. The molecule has 1 unspecified atom stereocenters. The Morgan fingerprint density at radius 3 is 2.45 bits per heavy atom. The summed E-state index contributed by atoms with van der Waals surface area (Å²) in [7, 11) is 0. The number of nitrogens with zero attached hydrogens (tertiary/aromatic N) is 2. The van der Waals surface area contributed by atoms with Gasteiger partial charge in [-0.15, -0.1) is 0 Å². The second kappa shape index (κ2) is 10.5. The summed E-state index contributed by atoms with van der Waals surface area (Å²) in [6.45, 7) is 2.27. The molecule has 0 radical (unpaired) electrons. The lowest BCUT2D eigenvalue weighted by Gasteiger charge is -2.19. The summed E-state index contributed by atoms with van der Waals surface area (Å²) < 4.78 is 1.55. The van der Waals surface area contributed by atoms with Crippen molar-refractivity contribution in [3.05, 3.63) is 100 Å². The third-order valence-corrected chi connectivity index (χ3v) is 6.49. The summed E-state index contributed by atoms with van der Waals surface area (Å²) in [6, 6.07) is 24.2. The normalized spacial score (nSPS) is 11.9. The standard InChI is InChI=1S/C26H25N3O3S/c1-18-12-14-20(15-13-18)27-24(31)23(19-8-3-2-4-9-19)33-26-28-22-11-6-5-10-21(22)25(32)29(26)16-7-17-30/h2-6,8-15,23,30H,7,16-17H2,1H3,(H,27,31). The molecule has 168 valence electrons. The molecule has 4 rings (SSSR count). The fourth-order valence-electron chi connectivity index (χ4n) is 3.51. The van der Waals surface area contributed by atoms with Gasteiger partial charge in [0, 0.05) is 18.8 Å². The van der Waals surface area contributed by atoms with Gasteiger partial charge in [0.1, 0.15) is 5.25 Å². The Morgan fingerprint density at radius 1 is 1.03 bits per heavy atom. The molecule has 1 atom stereocenters. The van der Waals surface area contributed by atoms with E-state index in [2.05, 4.69) is 5.32 Å². The minimum Gasteiger partial charge on any atom is -0.396 e. The van der Waals surface area contributed by atoms with Gasteiger partial charge in [0.05, 0.1) is 10.9 Å². The van der Waals surface area contributed by atoms with Crippen molar-refractivity contribution in [2.24, 2.45) is 0 Å². The van der Waals surface area contributed by atoms with Crippen molar-refractivity contribution in [3.8, 4) is 0 Å². The van der Waals surface area contributed by atoms with Crippen molar-refractivity contribution in [2.45, 2.75) is 30.3 Å². The number of carbonyl (C=O) groups excluding carboxylic acids is 1. The van der Waals surface area contributed by atoms with Crippen LogP contribution in [-0.2, 0) is 11.3 Å². The number of hydrogen-bond acceptors (Lipinski definition) is 5. The van der Waals surface area contributed by atoms with Crippen LogP contribution in [0.3, 0.4) is 0 Å². The summed E-state index contributed by atoms with van der Waals surface area (Å²) in [4.78, 5) is 31.3. The number of anilines is 1. The molecule has 3 aromatic carbocycles. The van der Waals surface area contributed by atoms with Gasteiger partial charge in [-0.05, 0) is 43.2 Å². The summed E-state index contributed by atoms with van der Waals surface area (Å²) in [5.74, 6) is -0.203. The van der Waals surface area contributed by atoms with Crippen molar-refractivity contribution in [2.75, 3.05) is 11.9 Å². The van der Waals surface area contributed by atoms with E-state index in [1.54, 1.807) is 22.8 Å². The first kappa shape index (κ1) is 22.8. The number of rotatable bonds is 8. The van der Waals surface area contributed by atoms with Crippen LogP contribution in [0.2, 0.25) is 0 Å². The van der Waals surface area contributed by atoms with Gasteiger partial charge in [-0.1, -0.05) is 71.9 Å². The molecule has 6 nitrogen and oxygen atoms in total. The number of hydrogen-bond donors (Lipinski definition) is 2. The first-order chi connectivity index (χ1) is 16.1. The van der Waals surface area contributed by atoms with Crippen LogP contribution >= 0.6 is 11.8 Å². The van der Waals surface area contributed by atoms with Crippen molar-refractivity contribution in [1.29, 1.82) is 0 Å². The van der Waals surface area contributed by atoms with E-state index in [-0.39, 0.29) is 18.1 Å². The van der Waals surface area contributed by atoms with Crippen LogP contribution in [0.4, 0.5) is 5.69 Å². The molecule has 0 spiro atoms. The molecular weight excluding hydrogens is 434 g/mol. The van der Waals surface area contributed by atoms with E-state index in [9.17, 15) is 14.7 Å². The van der Waals surface area contributed by atoms with E-state index in [0.717, 1.165) is 11.1 Å².